The maximum absolute atomic E-state index is 4.05. The van der Waals surface area contributed by atoms with Crippen LogP contribution in [0.3, 0.4) is 0 Å². The number of anilines is 1. The fourth-order valence-electron chi connectivity index (χ4n) is 1.48. The van der Waals surface area contributed by atoms with Gasteiger partial charge in [-0.1, -0.05) is 13.8 Å². The van der Waals surface area contributed by atoms with Crippen LogP contribution in [0.15, 0.2) is 6.33 Å². The van der Waals surface area contributed by atoms with Gasteiger partial charge in [-0.05, 0) is 13.3 Å². The lowest BCUT2D eigenvalue weighted by Crippen LogP contribution is -2.31. The predicted molar refractivity (Wildman–Crippen MR) is 53.9 cm³/mol. The molecule has 13 heavy (non-hydrogen) atoms. The molecule has 0 saturated heterocycles. The van der Waals surface area contributed by atoms with Crippen molar-refractivity contribution in [1.82, 2.24) is 14.8 Å². The van der Waals surface area contributed by atoms with Crippen LogP contribution < -0.4 is 4.90 Å². The minimum absolute atomic E-state index is 1.03. The summed E-state index contributed by atoms with van der Waals surface area (Å²) in [5.74, 6) is 1.03. The molecule has 0 amide bonds. The van der Waals surface area contributed by atoms with Crippen molar-refractivity contribution in [2.75, 3.05) is 18.0 Å². The highest BCUT2D eigenvalue weighted by Gasteiger charge is 2.15. The Morgan fingerprint density at radius 3 is 2.85 bits per heavy atom. The molecule has 0 atom stereocenters. The van der Waals surface area contributed by atoms with E-state index in [-0.39, 0.29) is 0 Å². The van der Waals surface area contributed by atoms with Gasteiger partial charge in [0.1, 0.15) is 6.33 Å². The van der Waals surface area contributed by atoms with E-state index in [0.29, 0.717) is 0 Å². The summed E-state index contributed by atoms with van der Waals surface area (Å²) in [4.78, 5) is 2.25. The topological polar surface area (TPSA) is 34.0 Å². The van der Waals surface area contributed by atoms with E-state index in [2.05, 4.69) is 26.6 Å². The Kier molecular flexibility index (Phi) is 3.73. The molecule has 1 aliphatic rings. The summed E-state index contributed by atoms with van der Waals surface area (Å²) in [6, 6.07) is 0. The lowest BCUT2D eigenvalue weighted by atomic mass is 10.3. The maximum Gasteiger partial charge on any atom is 0.227 e. The first-order chi connectivity index (χ1) is 6.42. The van der Waals surface area contributed by atoms with Gasteiger partial charge >= 0.3 is 0 Å². The zero-order valence-corrected chi connectivity index (χ0v) is 8.69. The van der Waals surface area contributed by atoms with Crippen LogP contribution in [0.1, 0.15) is 27.2 Å². The van der Waals surface area contributed by atoms with Crippen LogP contribution in [0, 0.1) is 0 Å². The highest BCUT2D eigenvalue weighted by Crippen LogP contribution is 2.15. The second-order valence-electron chi connectivity index (χ2n) is 2.76. The van der Waals surface area contributed by atoms with Gasteiger partial charge in [0.05, 0.1) is 0 Å². The first kappa shape index (κ1) is 10.0. The van der Waals surface area contributed by atoms with Crippen LogP contribution in [0.4, 0.5) is 5.95 Å². The molecule has 1 aromatic heterocycles. The SMILES string of the molecule is CC.CCN1CCCn2cnnc21. The Bertz CT molecular complexity index is 244. The summed E-state index contributed by atoms with van der Waals surface area (Å²) in [5.41, 5.74) is 0. The molecule has 74 valence electrons. The third-order valence-electron chi connectivity index (χ3n) is 2.09. The zero-order valence-electron chi connectivity index (χ0n) is 8.69. The zero-order chi connectivity index (χ0) is 9.68. The molecule has 2 heterocycles. The van der Waals surface area contributed by atoms with Gasteiger partial charge in [0, 0.05) is 19.6 Å². The Morgan fingerprint density at radius 2 is 2.15 bits per heavy atom. The molecule has 2 rings (SSSR count). The minimum atomic E-state index is 1.03. The summed E-state index contributed by atoms with van der Waals surface area (Å²) < 4.78 is 2.10. The molecule has 1 aliphatic heterocycles. The normalized spacial score (nSPS) is 14.5. The molecule has 0 aliphatic carbocycles. The van der Waals surface area contributed by atoms with Crippen molar-refractivity contribution in [2.24, 2.45) is 0 Å². The van der Waals surface area contributed by atoms with Gasteiger partial charge in [-0.15, -0.1) is 10.2 Å². The van der Waals surface area contributed by atoms with Crippen molar-refractivity contribution in [3.05, 3.63) is 6.33 Å². The van der Waals surface area contributed by atoms with E-state index in [1.54, 1.807) is 6.33 Å². The molecule has 0 saturated carbocycles. The van der Waals surface area contributed by atoms with Crippen LogP contribution >= 0.6 is 0 Å². The summed E-state index contributed by atoms with van der Waals surface area (Å²) in [6.45, 7) is 9.36. The number of aromatic nitrogens is 3. The first-order valence-electron chi connectivity index (χ1n) is 5.04. The molecule has 0 N–H and O–H groups in total. The van der Waals surface area contributed by atoms with E-state index in [4.69, 9.17) is 0 Å². The van der Waals surface area contributed by atoms with Crippen molar-refractivity contribution in [3.63, 3.8) is 0 Å². The molecule has 0 aromatic carbocycles. The van der Waals surface area contributed by atoms with Crippen molar-refractivity contribution < 1.29 is 0 Å². The lowest BCUT2D eigenvalue weighted by Gasteiger charge is -2.26. The van der Waals surface area contributed by atoms with Crippen molar-refractivity contribution in [1.29, 1.82) is 0 Å². The maximum atomic E-state index is 4.05. The Hall–Kier alpha value is -1.06. The highest BCUT2D eigenvalue weighted by molar-refractivity contribution is 5.30. The summed E-state index contributed by atoms with van der Waals surface area (Å²) >= 11 is 0. The molecular weight excluding hydrogens is 164 g/mol. The van der Waals surface area contributed by atoms with E-state index in [9.17, 15) is 0 Å². The van der Waals surface area contributed by atoms with Crippen LogP contribution in [-0.4, -0.2) is 27.9 Å². The van der Waals surface area contributed by atoms with Gasteiger partial charge in [0.25, 0.3) is 0 Å². The lowest BCUT2D eigenvalue weighted by molar-refractivity contribution is 0.562. The molecule has 0 bridgehead atoms. The third-order valence-corrected chi connectivity index (χ3v) is 2.09. The monoisotopic (exact) mass is 182 g/mol. The van der Waals surface area contributed by atoms with Crippen LogP contribution in [0.25, 0.3) is 0 Å². The van der Waals surface area contributed by atoms with Gasteiger partial charge in [0.15, 0.2) is 0 Å². The minimum Gasteiger partial charge on any atom is -0.341 e. The van der Waals surface area contributed by atoms with Gasteiger partial charge < -0.3 is 4.90 Å². The number of hydrogen-bond acceptors (Lipinski definition) is 3. The molecule has 4 heteroatoms. The number of aryl methyl sites for hydroxylation is 1. The number of fused-ring (bicyclic) bond motifs is 1. The quantitative estimate of drug-likeness (QED) is 0.660. The van der Waals surface area contributed by atoms with Gasteiger partial charge in [-0.25, -0.2) is 0 Å². The largest absolute Gasteiger partial charge is 0.341 e. The molecule has 0 spiro atoms. The second-order valence-corrected chi connectivity index (χ2v) is 2.76. The number of rotatable bonds is 1. The summed E-state index contributed by atoms with van der Waals surface area (Å²) in [5, 5.41) is 7.92. The third kappa shape index (κ3) is 1.99. The smallest absolute Gasteiger partial charge is 0.227 e. The van der Waals surface area contributed by atoms with E-state index in [1.165, 1.54) is 6.42 Å². The predicted octanol–water partition coefficient (Wildman–Crippen LogP) is 1.53. The van der Waals surface area contributed by atoms with Crippen LogP contribution in [-0.2, 0) is 6.54 Å². The molecular formula is C9H18N4. The van der Waals surface area contributed by atoms with Crippen molar-refractivity contribution in [3.8, 4) is 0 Å². The molecule has 0 radical (unpaired) electrons. The Balaban J connectivity index is 0.000000396. The van der Waals surface area contributed by atoms with Gasteiger partial charge in [-0.3, -0.25) is 4.57 Å². The van der Waals surface area contributed by atoms with E-state index < -0.39 is 0 Å². The molecule has 0 fully saturated rings. The fourth-order valence-corrected chi connectivity index (χ4v) is 1.48. The van der Waals surface area contributed by atoms with E-state index in [1.807, 2.05) is 13.8 Å². The van der Waals surface area contributed by atoms with E-state index in [0.717, 1.165) is 25.6 Å². The first-order valence-corrected chi connectivity index (χ1v) is 5.04. The number of hydrogen-bond donors (Lipinski definition) is 0. The summed E-state index contributed by atoms with van der Waals surface area (Å²) in [7, 11) is 0. The second kappa shape index (κ2) is 4.84. The molecule has 4 nitrogen and oxygen atoms in total. The average molecular weight is 182 g/mol. The Morgan fingerprint density at radius 1 is 1.38 bits per heavy atom. The van der Waals surface area contributed by atoms with Crippen LogP contribution in [0.2, 0.25) is 0 Å². The molecule has 1 aromatic rings. The summed E-state index contributed by atoms with van der Waals surface area (Å²) in [6.07, 6.45) is 3.01. The standard InChI is InChI=1S/C7H12N4.C2H6/c1-2-10-4-3-5-11-6-8-9-7(10)11;1-2/h6H,2-5H2,1H3;1-2H3. The van der Waals surface area contributed by atoms with Crippen molar-refractivity contribution in [2.45, 2.75) is 33.7 Å². The van der Waals surface area contributed by atoms with E-state index >= 15 is 0 Å². The van der Waals surface area contributed by atoms with Gasteiger partial charge in [-0.2, -0.15) is 0 Å². The van der Waals surface area contributed by atoms with Crippen LogP contribution in [0.5, 0.6) is 0 Å². The number of nitrogens with zero attached hydrogens (tertiary/aromatic N) is 4. The highest BCUT2D eigenvalue weighted by atomic mass is 15.4. The van der Waals surface area contributed by atoms with Crippen molar-refractivity contribution >= 4 is 5.95 Å². The van der Waals surface area contributed by atoms with Gasteiger partial charge in [0.2, 0.25) is 5.95 Å². The Labute approximate surface area is 79.6 Å². The molecule has 0 unspecified atom stereocenters. The fraction of sp³-hybridized carbons (Fsp3) is 0.778. The average Bonchev–Trinajstić information content (AvgIpc) is 2.68.